The molecule has 2 aromatic carbocycles. The van der Waals surface area contributed by atoms with Gasteiger partial charge in [-0.05, 0) is 43.4 Å². The van der Waals surface area contributed by atoms with Crippen molar-refractivity contribution in [2.75, 3.05) is 19.4 Å². The maximum Gasteiger partial charge on any atom is 0.241 e. The van der Waals surface area contributed by atoms with Crippen LogP contribution in [0.4, 0.5) is 5.69 Å². The van der Waals surface area contributed by atoms with Crippen molar-refractivity contribution in [2.45, 2.75) is 25.4 Å². The van der Waals surface area contributed by atoms with E-state index in [0.717, 1.165) is 34.3 Å². The summed E-state index contributed by atoms with van der Waals surface area (Å²) in [4.78, 5) is 18.0. The number of carbonyl (C=O) groups excluding carboxylic acids is 1. The summed E-state index contributed by atoms with van der Waals surface area (Å²) in [6.07, 6.45) is 1.94. The predicted octanol–water partition coefficient (Wildman–Crippen LogP) is 3.30. The minimum Gasteiger partial charge on any atom is -0.361 e. The molecule has 3 aromatic rings. The molecule has 1 amide bonds. The second-order valence-corrected chi connectivity index (χ2v) is 7.03. The fraction of sp³-hybridized carbons (Fsp3) is 0.286. The normalized spacial score (nSPS) is 13.7. The lowest BCUT2D eigenvalue weighted by molar-refractivity contribution is -0.117. The third-order valence-electron chi connectivity index (χ3n) is 4.65. The fourth-order valence-corrected chi connectivity index (χ4v) is 3.23. The Balaban J connectivity index is 1.73. The second-order valence-electron chi connectivity index (χ2n) is 7.03. The highest BCUT2D eigenvalue weighted by Crippen LogP contribution is 2.27. The number of hydrogen-bond donors (Lipinski definition) is 3. The molecule has 0 spiro atoms. The van der Waals surface area contributed by atoms with Gasteiger partial charge in [-0.3, -0.25) is 4.79 Å². The van der Waals surface area contributed by atoms with Gasteiger partial charge in [0.2, 0.25) is 5.91 Å². The van der Waals surface area contributed by atoms with Crippen LogP contribution in [0.1, 0.15) is 24.0 Å². The summed E-state index contributed by atoms with van der Waals surface area (Å²) < 4.78 is 0. The van der Waals surface area contributed by atoms with Crippen LogP contribution in [0, 0.1) is 0 Å². The van der Waals surface area contributed by atoms with Crippen LogP contribution in [0.15, 0.2) is 54.7 Å². The van der Waals surface area contributed by atoms with Crippen LogP contribution in [-0.4, -0.2) is 35.9 Å². The predicted molar refractivity (Wildman–Crippen MR) is 107 cm³/mol. The summed E-state index contributed by atoms with van der Waals surface area (Å²) in [7, 11) is 4.04. The number of nitrogens with zero attached hydrogens (tertiary/aromatic N) is 1. The monoisotopic (exact) mass is 350 g/mol. The molecule has 0 radical (unpaired) electrons. The summed E-state index contributed by atoms with van der Waals surface area (Å²) in [5, 5.41) is 4.06. The molecule has 0 unspecified atom stereocenters. The van der Waals surface area contributed by atoms with Gasteiger partial charge in [0.25, 0.3) is 0 Å². The number of para-hydroxylation sites is 1. The molecule has 0 fully saturated rings. The van der Waals surface area contributed by atoms with E-state index in [-0.39, 0.29) is 11.8 Å². The van der Waals surface area contributed by atoms with Crippen LogP contribution in [-0.2, 0) is 11.3 Å². The summed E-state index contributed by atoms with van der Waals surface area (Å²) >= 11 is 0. The zero-order chi connectivity index (χ0) is 18.7. The minimum absolute atomic E-state index is 0.101. The first-order valence-electron chi connectivity index (χ1n) is 8.82. The Kier molecular flexibility index (Phi) is 5.40. The largest absolute Gasteiger partial charge is 0.361 e. The SMILES string of the molecule is C[C@@H](c1c[nH]c2ccccc12)[C@@H](N)C(=O)Nc1cccc(CN(C)C)c1. The number of nitrogens with one attached hydrogen (secondary N) is 2. The zero-order valence-electron chi connectivity index (χ0n) is 15.5. The minimum atomic E-state index is -0.633. The second kappa shape index (κ2) is 7.72. The van der Waals surface area contributed by atoms with E-state index in [1.807, 2.05) is 75.7 Å². The van der Waals surface area contributed by atoms with Crippen LogP contribution in [0.2, 0.25) is 0 Å². The smallest absolute Gasteiger partial charge is 0.241 e. The van der Waals surface area contributed by atoms with Crippen molar-refractivity contribution >= 4 is 22.5 Å². The van der Waals surface area contributed by atoms with Crippen LogP contribution < -0.4 is 11.1 Å². The van der Waals surface area contributed by atoms with E-state index in [2.05, 4.69) is 15.2 Å². The standard InChI is InChI=1S/C21H26N4O/c1-14(18-12-23-19-10-5-4-9-17(18)19)20(22)21(26)24-16-8-6-7-15(11-16)13-25(2)3/h4-12,14,20,23H,13,22H2,1-3H3,(H,24,26)/t14-,20+/m0/s1. The Morgan fingerprint density at radius 3 is 2.73 bits per heavy atom. The molecular formula is C21H26N4O. The highest BCUT2D eigenvalue weighted by molar-refractivity contribution is 5.96. The molecule has 5 nitrogen and oxygen atoms in total. The van der Waals surface area contributed by atoms with Gasteiger partial charge in [-0.1, -0.05) is 37.3 Å². The Bertz CT molecular complexity index is 900. The van der Waals surface area contributed by atoms with Gasteiger partial charge in [0.05, 0.1) is 6.04 Å². The average molecular weight is 350 g/mol. The summed E-state index contributed by atoms with van der Waals surface area (Å²) in [6, 6.07) is 15.3. The Labute approximate surface area is 154 Å². The van der Waals surface area contributed by atoms with Crippen molar-refractivity contribution in [2.24, 2.45) is 5.73 Å². The quantitative estimate of drug-likeness (QED) is 0.638. The Hall–Kier alpha value is -2.63. The maximum absolute atomic E-state index is 12.7. The number of nitrogens with two attached hydrogens (primary N) is 1. The number of carbonyl (C=O) groups is 1. The Morgan fingerprint density at radius 1 is 1.19 bits per heavy atom. The average Bonchev–Trinajstić information content (AvgIpc) is 3.04. The molecule has 136 valence electrons. The van der Waals surface area contributed by atoms with Crippen molar-refractivity contribution in [3.63, 3.8) is 0 Å². The van der Waals surface area contributed by atoms with Crippen LogP contribution in [0.3, 0.4) is 0 Å². The molecule has 0 saturated carbocycles. The van der Waals surface area contributed by atoms with Crippen molar-refractivity contribution < 1.29 is 4.79 Å². The number of hydrogen-bond acceptors (Lipinski definition) is 3. The van der Waals surface area contributed by atoms with E-state index in [4.69, 9.17) is 5.73 Å². The van der Waals surface area contributed by atoms with E-state index >= 15 is 0 Å². The van der Waals surface area contributed by atoms with E-state index in [9.17, 15) is 4.79 Å². The number of H-pyrrole nitrogens is 1. The third-order valence-corrected chi connectivity index (χ3v) is 4.65. The topological polar surface area (TPSA) is 74.1 Å². The summed E-state index contributed by atoms with van der Waals surface area (Å²) in [5.41, 5.74) is 10.3. The third kappa shape index (κ3) is 3.95. The molecule has 0 bridgehead atoms. The van der Waals surface area contributed by atoms with E-state index in [1.54, 1.807) is 0 Å². The van der Waals surface area contributed by atoms with Gasteiger partial charge >= 0.3 is 0 Å². The van der Waals surface area contributed by atoms with Crippen molar-refractivity contribution in [1.29, 1.82) is 0 Å². The van der Waals surface area contributed by atoms with Crippen molar-refractivity contribution in [1.82, 2.24) is 9.88 Å². The van der Waals surface area contributed by atoms with Crippen LogP contribution in [0.25, 0.3) is 10.9 Å². The van der Waals surface area contributed by atoms with E-state index < -0.39 is 6.04 Å². The fourth-order valence-electron chi connectivity index (χ4n) is 3.23. The molecule has 3 rings (SSSR count). The summed E-state index contributed by atoms with van der Waals surface area (Å²) in [5.74, 6) is -0.277. The Morgan fingerprint density at radius 2 is 1.96 bits per heavy atom. The molecule has 4 N–H and O–H groups in total. The van der Waals surface area contributed by atoms with Gasteiger partial charge < -0.3 is 20.9 Å². The molecule has 26 heavy (non-hydrogen) atoms. The first-order valence-corrected chi connectivity index (χ1v) is 8.82. The lowest BCUT2D eigenvalue weighted by Gasteiger charge is -2.19. The number of anilines is 1. The van der Waals surface area contributed by atoms with Crippen molar-refractivity contribution in [3.05, 3.63) is 65.9 Å². The summed E-state index contributed by atoms with van der Waals surface area (Å²) in [6.45, 7) is 2.81. The van der Waals surface area contributed by atoms with Gasteiger partial charge in [-0.25, -0.2) is 0 Å². The number of fused-ring (bicyclic) bond motifs is 1. The van der Waals surface area contributed by atoms with Gasteiger partial charge in [0.15, 0.2) is 0 Å². The molecule has 0 aliphatic heterocycles. The molecule has 1 heterocycles. The maximum atomic E-state index is 12.7. The molecule has 5 heteroatoms. The lowest BCUT2D eigenvalue weighted by Crippen LogP contribution is -2.39. The number of benzene rings is 2. The van der Waals surface area contributed by atoms with E-state index in [0.29, 0.717) is 0 Å². The van der Waals surface area contributed by atoms with Gasteiger partial charge in [0, 0.05) is 35.2 Å². The highest BCUT2D eigenvalue weighted by atomic mass is 16.2. The molecule has 0 aliphatic carbocycles. The van der Waals surface area contributed by atoms with Gasteiger partial charge in [0.1, 0.15) is 0 Å². The van der Waals surface area contributed by atoms with Crippen LogP contribution in [0.5, 0.6) is 0 Å². The molecule has 0 aliphatic rings. The zero-order valence-corrected chi connectivity index (χ0v) is 15.5. The van der Waals surface area contributed by atoms with E-state index in [1.165, 1.54) is 0 Å². The molecule has 2 atom stereocenters. The van der Waals surface area contributed by atoms with Gasteiger partial charge in [-0.15, -0.1) is 0 Å². The molecule has 0 saturated heterocycles. The number of aromatic amines is 1. The number of aromatic nitrogens is 1. The van der Waals surface area contributed by atoms with Gasteiger partial charge in [-0.2, -0.15) is 0 Å². The van der Waals surface area contributed by atoms with Crippen molar-refractivity contribution in [3.8, 4) is 0 Å². The number of rotatable bonds is 6. The highest BCUT2D eigenvalue weighted by Gasteiger charge is 2.24. The molecule has 1 aromatic heterocycles. The first kappa shape index (κ1) is 18.2. The molecular weight excluding hydrogens is 324 g/mol. The lowest BCUT2D eigenvalue weighted by atomic mass is 9.93. The number of amides is 1. The van der Waals surface area contributed by atoms with Crippen LogP contribution >= 0.6 is 0 Å². The first-order chi connectivity index (χ1) is 12.5.